The number of amides is 1. The van der Waals surface area contributed by atoms with Gasteiger partial charge in [-0.1, -0.05) is 0 Å². The minimum Gasteiger partial charge on any atom is -0.477 e. The predicted octanol–water partition coefficient (Wildman–Crippen LogP) is 1.03. The molecule has 1 amide bonds. The summed E-state index contributed by atoms with van der Waals surface area (Å²) < 4.78 is 5.39. The summed E-state index contributed by atoms with van der Waals surface area (Å²) in [4.78, 5) is 27.0. The van der Waals surface area contributed by atoms with E-state index in [-0.39, 0.29) is 12.5 Å². The van der Waals surface area contributed by atoms with Crippen molar-refractivity contribution in [3.05, 3.63) is 42.4 Å². The van der Waals surface area contributed by atoms with Gasteiger partial charge in [0.05, 0.1) is 18.8 Å². The number of nitrogens with one attached hydrogen (secondary N) is 1. The molecular weight excluding hydrogens is 334 g/mol. The van der Waals surface area contributed by atoms with E-state index in [1.165, 1.54) is 0 Å². The largest absolute Gasteiger partial charge is 0.477 e. The van der Waals surface area contributed by atoms with Crippen molar-refractivity contribution < 1.29 is 14.6 Å². The zero-order valence-electron chi connectivity index (χ0n) is 14.8. The maximum atomic E-state index is 12.5. The number of piperidine rings is 1. The van der Waals surface area contributed by atoms with Gasteiger partial charge in [0.25, 0.3) is 5.91 Å². The van der Waals surface area contributed by atoms with E-state index < -0.39 is 5.60 Å². The van der Waals surface area contributed by atoms with E-state index in [4.69, 9.17) is 4.74 Å². The second-order valence-electron chi connectivity index (χ2n) is 6.27. The summed E-state index contributed by atoms with van der Waals surface area (Å²) in [6, 6.07) is 5.09. The maximum Gasteiger partial charge on any atom is 0.256 e. The predicted molar refractivity (Wildman–Crippen MR) is 96.2 cm³/mol. The van der Waals surface area contributed by atoms with Gasteiger partial charge < -0.3 is 20.1 Å². The topological polar surface area (TPSA) is 100 Å². The smallest absolute Gasteiger partial charge is 0.256 e. The lowest BCUT2D eigenvalue weighted by Crippen LogP contribution is -2.54. The van der Waals surface area contributed by atoms with Crippen LogP contribution in [0.25, 0.3) is 0 Å². The van der Waals surface area contributed by atoms with E-state index in [0.717, 1.165) is 13.0 Å². The van der Waals surface area contributed by atoms with Crippen molar-refractivity contribution in [3.8, 4) is 5.88 Å². The van der Waals surface area contributed by atoms with E-state index in [9.17, 15) is 9.90 Å². The molecule has 3 rings (SSSR count). The molecule has 0 aromatic carbocycles. The Morgan fingerprint density at radius 3 is 2.85 bits per heavy atom. The maximum absolute atomic E-state index is 12.5. The highest BCUT2D eigenvalue weighted by Crippen LogP contribution is 2.23. The molecule has 0 saturated carbocycles. The molecule has 3 heterocycles. The van der Waals surface area contributed by atoms with Crippen LogP contribution >= 0.6 is 0 Å². The van der Waals surface area contributed by atoms with Crippen molar-refractivity contribution in [3.63, 3.8) is 0 Å². The molecule has 0 spiro atoms. The Kier molecular flexibility index (Phi) is 5.62. The molecule has 2 aromatic heterocycles. The SMILES string of the molecule is CCOc1ncccc1C(=O)NC[C@]1(O)CCCN(c2ncccn2)C1. The first-order valence-corrected chi connectivity index (χ1v) is 8.72. The molecule has 2 aromatic rings. The number of ether oxygens (including phenoxy) is 1. The average molecular weight is 357 g/mol. The third-order valence-electron chi connectivity index (χ3n) is 4.27. The van der Waals surface area contributed by atoms with Gasteiger partial charge in [-0.05, 0) is 38.0 Å². The van der Waals surface area contributed by atoms with Crippen molar-refractivity contribution in [2.24, 2.45) is 0 Å². The summed E-state index contributed by atoms with van der Waals surface area (Å²) in [5.41, 5.74) is -0.682. The highest BCUT2D eigenvalue weighted by atomic mass is 16.5. The zero-order chi connectivity index (χ0) is 18.4. The van der Waals surface area contributed by atoms with Gasteiger partial charge in [0.2, 0.25) is 11.8 Å². The highest BCUT2D eigenvalue weighted by Gasteiger charge is 2.34. The lowest BCUT2D eigenvalue weighted by atomic mass is 9.93. The number of carbonyl (C=O) groups excluding carboxylic acids is 1. The van der Waals surface area contributed by atoms with Gasteiger partial charge >= 0.3 is 0 Å². The van der Waals surface area contributed by atoms with E-state index in [0.29, 0.717) is 37.0 Å². The van der Waals surface area contributed by atoms with Gasteiger partial charge in [0, 0.05) is 31.7 Å². The molecule has 0 aliphatic carbocycles. The van der Waals surface area contributed by atoms with Gasteiger partial charge in [-0.25, -0.2) is 15.0 Å². The Bertz CT molecular complexity index is 743. The lowest BCUT2D eigenvalue weighted by Gasteiger charge is -2.39. The van der Waals surface area contributed by atoms with Crippen molar-refractivity contribution in [2.45, 2.75) is 25.4 Å². The second-order valence-corrected chi connectivity index (χ2v) is 6.27. The third kappa shape index (κ3) is 4.26. The summed E-state index contributed by atoms with van der Waals surface area (Å²) in [6.45, 7) is 3.53. The highest BCUT2D eigenvalue weighted by molar-refractivity contribution is 5.96. The standard InChI is InChI=1S/C18H23N5O3/c1-2-26-16-14(6-3-8-19-16)15(24)22-12-18(25)7-4-11-23(13-18)17-20-9-5-10-21-17/h3,5-6,8-10,25H,2,4,7,11-13H2,1H3,(H,22,24)/t18-/m1/s1. The molecule has 1 fully saturated rings. The first-order chi connectivity index (χ1) is 12.6. The van der Waals surface area contributed by atoms with Gasteiger partial charge in [-0.2, -0.15) is 0 Å². The van der Waals surface area contributed by atoms with Crippen LogP contribution in [0, 0.1) is 0 Å². The van der Waals surface area contributed by atoms with E-state index in [1.54, 1.807) is 36.8 Å². The number of pyridine rings is 1. The minimum atomic E-state index is -1.04. The molecule has 26 heavy (non-hydrogen) atoms. The molecule has 2 N–H and O–H groups in total. The number of hydrogen-bond acceptors (Lipinski definition) is 7. The number of nitrogens with zero attached hydrogens (tertiary/aromatic N) is 4. The molecule has 0 bridgehead atoms. The van der Waals surface area contributed by atoms with Gasteiger partial charge in [-0.3, -0.25) is 4.79 Å². The monoisotopic (exact) mass is 357 g/mol. The molecule has 138 valence electrons. The van der Waals surface area contributed by atoms with Crippen LogP contribution in [0.2, 0.25) is 0 Å². The number of carbonyl (C=O) groups is 1. The fourth-order valence-electron chi connectivity index (χ4n) is 3.04. The van der Waals surface area contributed by atoms with Crippen molar-refractivity contribution in [1.29, 1.82) is 0 Å². The van der Waals surface area contributed by atoms with Crippen LogP contribution in [0.3, 0.4) is 0 Å². The Labute approximate surface area is 152 Å². The van der Waals surface area contributed by atoms with E-state index in [2.05, 4.69) is 20.3 Å². The van der Waals surface area contributed by atoms with Gasteiger partial charge in [0.15, 0.2) is 0 Å². The summed E-state index contributed by atoms with van der Waals surface area (Å²) in [5, 5.41) is 13.7. The third-order valence-corrected chi connectivity index (χ3v) is 4.27. The Hall–Kier alpha value is -2.74. The number of aliphatic hydroxyl groups is 1. The fourth-order valence-corrected chi connectivity index (χ4v) is 3.04. The van der Waals surface area contributed by atoms with Crippen molar-refractivity contribution >= 4 is 11.9 Å². The molecule has 1 aliphatic rings. The minimum absolute atomic E-state index is 0.135. The molecular formula is C18H23N5O3. The number of hydrogen-bond donors (Lipinski definition) is 2. The molecule has 0 radical (unpaired) electrons. The van der Waals surface area contributed by atoms with Crippen LogP contribution in [0.1, 0.15) is 30.1 Å². The molecule has 1 aliphatic heterocycles. The number of β-amino-alcohol motifs (C(OH)–C–C–N with tert-alkyl or cyclic N) is 1. The fraction of sp³-hybridized carbons (Fsp3) is 0.444. The molecule has 8 heteroatoms. The molecule has 0 unspecified atom stereocenters. The first-order valence-electron chi connectivity index (χ1n) is 8.72. The molecule has 8 nitrogen and oxygen atoms in total. The quantitative estimate of drug-likeness (QED) is 0.796. The average Bonchev–Trinajstić information content (AvgIpc) is 2.68. The first kappa shape index (κ1) is 18.1. The zero-order valence-corrected chi connectivity index (χ0v) is 14.8. The van der Waals surface area contributed by atoms with Gasteiger partial charge in [0.1, 0.15) is 5.56 Å². The van der Waals surface area contributed by atoms with Crippen molar-refractivity contribution in [2.75, 3.05) is 31.1 Å². The lowest BCUT2D eigenvalue weighted by molar-refractivity contribution is 0.0252. The summed E-state index contributed by atoms with van der Waals surface area (Å²) in [6.07, 6.45) is 6.32. The van der Waals surface area contributed by atoms with Crippen LogP contribution < -0.4 is 15.0 Å². The Morgan fingerprint density at radius 1 is 1.31 bits per heavy atom. The van der Waals surface area contributed by atoms with Crippen LogP contribution in [0.5, 0.6) is 5.88 Å². The normalized spacial score (nSPS) is 19.8. The Balaban J connectivity index is 1.64. The summed E-state index contributed by atoms with van der Waals surface area (Å²) >= 11 is 0. The second kappa shape index (κ2) is 8.09. The van der Waals surface area contributed by atoms with Crippen LogP contribution in [-0.4, -0.2) is 57.8 Å². The van der Waals surface area contributed by atoms with Crippen LogP contribution in [-0.2, 0) is 0 Å². The van der Waals surface area contributed by atoms with Crippen LogP contribution in [0.15, 0.2) is 36.8 Å². The van der Waals surface area contributed by atoms with Gasteiger partial charge in [-0.15, -0.1) is 0 Å². The number of aromatic nitrogens is 3. The molecule has 1 saturated heterocycles. The summed E-state index contributed by atoms with van der Waals surface area (Å²) in [5.74, 6) is 0.563. The van der Waals surface area contributed by atoms with E-state index >= 15 is 0 Å². The van der Waals surface area contributed by atoms with Crippen LogP contribution in [0.4, 0.5) is 5.95 Å². The number of rotatable bonds is 6. The Morgan fingerprint density at radius 2 is 2.08 bits per heavy atom. The molecule has 1 atom stereocenters. The van der Waals surface area contributed by atoms with E-state index in [1.807, 2.05) is 11.8 Å². The number of anilines is 1. The van der Waals surface area contributed by atoms with Crippen molar-refractivity contribution in [1.82, 2.24) is 20.3 Å². The summed E-state index contributed by atoms with van der Waals surface area (Å²) in [7, 11) is 0.